The summed E-state index contributed by atoms with van der Waals surface area (Å²) in [7, 11) is 0. The number of unbranched alkanes of at least 4 members (excludes halogenated alkanes) is 6. The smallest absolute Gasteiger partial charge is 0.00389 e. The first-order valence-corrected chi connectivity index (χ1v) is 7.56. The molecule has 0 aromatic rings. The van der Waals surface area contributed by atoms with Gasteiger partial charge in [-0.1, -0.05) is 51.9 Å². The summed E-state index contributed by atoms with van der Waals surface area (Å²) in [4.78, 5) is 0. The molecular weight excluding hydrogens is 194 g/mol. The minimum absolute atomic E-state index is 0.769. The third kappa shape index (κ3) is 6.52. The quantitative estimate of drug-likeness (QED) is 0.599. The van der Waals surface area contributed by atoms with Crippen molar-refractivity contribution in [3.8, 4) is 0 Å². The lowest BCUT2D eigenvalue weighted by molar-refractivity contribution is 0.301. The van der Waals surface area contributed by atoms with Crippen molar-refractivity contribution in [3.63, 3.8) is 0 Å². The van der Waals surface area contributed by atoms with Crippen LogP contribution in [0.1, 0.15) is 78.1 Å². The van der Waals surface area contributed by atoms with E-state index in [9.17, 15) is 0 Å². The van der Waals surface area contributed by atoms with E-state index < -0.39 is 0 Å². The lowest BCUT2D eigenvalue weighted by atomic mass is 9.90. The van der Waals surface area contributed by atoms with Crippen LogP contribution in [0.2, 0.25) is 0 Å². The Morgan fingerprint density at radius 1 is 0.938 bits per heavy atom. The molecule has 1 heterocycles. The van der Waals surface area contributed by atoms with E-state index in [1.807, 2.05) is 0 Å². The van der Waals surface area contributed by atoms with E-state index >= 15 is 0 Å². The highest BCUT2D eigenvalue weighted by molar-refractivity contribution is 4.74. The fourth-order valence-corrected chi connectivity index (χ4v) is 2.69. The Hall–Kier alpha value is -0.0400. The molecule has 0 aliphatic carbocycles. The van der Waals surface area contributed by atoms with Gasteiger partial charge in [-0.05, 0) is 38.6 Å². The van der Waals surface area contributed by atoms with E-state index in [0.29, 0.717) is 0 Å². The van der Waals surface area contributed by atoms with E-state index in [1.54, 1.807) is 0 Å². The summed E-state index contributed by atoms with van der Waals surface area (Å²) >= 11 is 0. The van der Waals surface area contributed by atoms with Gasteiger partial charge in [0.1, 0.15) is 0 Å². The van der Waals surface area contributed by atoms with Gasteiger partial charge in [0.15, 0.2) is 0 Å². The second-order valence-electron chi connectivity index (χ2n) is 5.66. The molecule has 0 spiro atoms. The fourth-order valence-electron chi connectivity index (χ4n) is 2.69. The molecule has 96 valence electrons. The topological polar surface area (TPSA) is 12.0 Å². The van der Waals surface area contributed by atoms with Gasteiger partial charge in [-0.2, -0.15) is 0 Å². The van der Waals surface area contributed by atoms with Gasteiger partial charge in [-0.15, -0.1) is 0 Å². The summed E-state index contributed by atoms with van der Waals surface area (Å²) in [5.41, 5.74) is 0. The van der Waals surface area contributed by atoms with Crippen molar-refractivity contribution in [3.05, 3.63) is 0 Å². The van der Waals surface area contributed by atoms with Gasteiger partial charge >= 0.3 is 0 Å². The van der Waals surface area contributed by atoms with Crippen molar-refractivity contribution < 1.29 is 0 Å². The molecule has 16 heavy (non-hydrogen) atoms. The monoisotopic (exact) mass is 225 g/mol. The van der Waals surface area contributed by atoms with Crippen molar-refractivity contribution >= 4 is 0 Å². The van der Waals surface area contributed by atoms with Gasteiger partial charge in [0, 0.05) is 6.04 Å². The average Bonchev–Trinajstić information content (AvgIpc) is 2.30. The lowest BCUT2D eigenvalue weighted by Gasteiger charge is -2.27. The normalized spacial score (nSPS) is 25.9. The van der Waals surface area contributed by atoms with Crippen molar-refractivity contribution in [2.75, 3.05) is 6.54 Å². The minimum Gasteiger partial charge on any atom is -0.314 e. The van der Waals surface area contributed by atoms with Crippen LogP contribution >= 0.6 is 0 Å². The third-order valence-corrected chi connectivity index (χ3v) is 3.98. The molecule has 1 heteroatoms. The van der Waals surface area contributed by atoms with Crippen molar-refractivity contribution in [2.45, 2.75) is 84.1 Å². The molecule has 0 bridgehead atoms. The van der Waals surface area contributed by atoms with Gasteiger partial charge in [0.2, 0.25) is 0 Å². The summed E-state index contributed by atoms with van der Waals surface area (Å²) < 4.78 is 0. The largest absolute Gasteiger partial charge is 0.314 e. The first-order valence-electron chi connectivity index (χ1n) is 7.56. The van der Waals surface area contributed by atoms with Crippen molar-refractivity contribution in [1.29, 1.82) is 0 Å². The van der Waals surface area contributed by atoms with E-state index in [1.165, 1.54) is 70.8 Å². The summed E-state index contributed by atoms with van der Waals surface area (Å²) in [5.74, 6) is 0.979. The van der Waals surface area contributed by atoms with Crippen LogP contribution in [0.15, 0.2) is 0 Å². The van der Waals surface area contributed by atoms with Gasteiger partial charge in [0.05, 0.1) is 0 Å². The molecule has 1 rings (SSSR count). The van der Waals surface area contributed by atoms with Gasteiger partial charge < -0.3 is 5.32 Å². The maximum atomic E-state index is 3.60. The maximum Gasteiger partial charge on any atom is 0.00389 e. The Bertz CT molecular complexity index is 148. The summed E-state index contributed by atoms with van der Waals surface area (Å²) in [6.45, 7) is 5.87. The Labute approximate surface area is 102 Å². The summed E-state index contributed by atoms with van der Waals surface area (Å²) in [6, 6.07) is 0.769. The van der Waals surface area contributed by atoms with Crippen LogP contribution < -0.4 is 5.32 Å². The molecule has 2 unspecified atom stereocenters. The van der Waals surface area contributed by atoms with Gasteiger partial charge in [0.25, 0.3) is 0 Å². The fraction of sp³-hybridized carbons (Fsp3) is 1.00. The van der Waals surface area contributed by atoms with E-state index in [0.717, 1.165) is 12.0 Å². The summed E-state index contributed by atoms with van der Waals surface area (Å²) in [6.07, 6.45) is 14.4. The number of rotatable bonds is 8. The molecule has 1 fully saturated rings. The zero-order valence-corrected chi connectivity index (χ0v) is 11.4. The highest BCUT2D eigenvalue weighted by atomic mass is 14.9. The van der Waals surface area contributed by atoms with Crippen LogP contribution in [0.4, 0.5) is 0 Å². The zero-order valence-electron chi connectivity index (χ0n) is 11.4. The van der Waals surface area contributed by atoms with Crippen LogP contribution in [0, 0.1) is 5.92 Å². The van der Waals surface area contributed by atoms with Gasteiger partial charge in [-0.3, -0.25) is 0 Å². The molecular formula is C15H31N. The standard InChI is InChI=1S/C15H31N/c1-3-4-5-6-7-8-9-10-15-12-11-14(2)16-13-15/h14-16H,3-13H2,1-2H3. The molecule has 2 atom stereocenters. The van der Waals surface area contributed by atoms with Crippen LogP contribution in [-0.4, -0.2) is 12.6 Å². The van der Waals surface area contributed by atoms with Gasteiger partial charge in [-0.25, -0.2) is 0 Å². The third-order valence-electron chi connectivity index (χ3n) is 3.98. The molecule has 0 aromatic heterocycles. The van der Waals surface area contributed by atoms with Crippen LogP contribution in [0.5, 0.6) is 0 Å². The first-order chi connectivity index (χ1) is 7.83. The number of hydrogen-bond donors (Lipinski definition) is 1. The average molecular weight is 225 g/mol. The highest BCUT2D eigenvalue weighted by Gasteiger charge is 2.16. The minimum atomic E-state index is 0.769. The van der Waals surface area contributed by atoms with Crippen molar-refractivity contribution in [1.82, 2.24) is 5.32 Å². The van der Waals surface area contributed by atoms with E-state index in [-0.39, 0.29) is 0 Å². The number of hydrogen-bond acceptors (Lipinski definition) is 1. The number of nitrogens with one attached hydrogen (secondary N) is 1. The molecule has 0 aromatic carbocycles. The van der Waals surface area contributed by atoms with E-state index in [2.05, 4.69) is 19.2 Å². The molecule has 1 nitrogen and oxygen atoms in total. The Balaban J connectivity index is 1.84. The maximum absolute atomic E-state index is 3.60. The molecule has 0 amide bonds. The second kappa shape index (κ2) is 9.04. The van der Waals surface area contributed by atoms with E-state index in [4.69, 9.17) is 0 Å². The highest BCUT2D eigenvalue weighted by Crippen LogP contribution is 2.20. The Kier molecular flexibility index (Phi) is 7.92. The predicted octanol–water partition coefficient (Wildman–Crippen LogP) is 4.52. The zero-order chi connectivity index (χ0) is 11.6. The lowest BCUT2D eigenvalue weighted by Crippen LogP contribution is -2.36. The Morgan fingerprint density at radius 3 is 2.25 bits per heavy atom. The molecule has 1 aliphatic rings. The van der Waals surface area contributed by atoms with Crippen LogP contribution in [-0.2, 0) is 0 Å². The Morgan fingerprint density at radius 2 is 1.62 bits per heavy atom. The molecule has 0 saturated carbocycles. The second-order valence-corrected chi connectivity index (χ2v) is 5.66. The molecule has 1 N–H and O–H groups in total. The predicted molar refractivity (Wildman–Crippen MR) is 72.8 cm³/mol. The SMILES string of the molecule is CCCCCCCCCC1CCC(C)NC1. The van der Waals surface area contributed by atoms with Crippen LogP contribution in [0.25, 0.3) is 0 Å². The van der Waals surface area contributed by atoms with Crippen LogP contribution in [0.3, 0.4) is 0 Å². The summed E-state index contributed by atoms with van der Waals surface area (Å²) in [5, 5.41) is 3.60. The van der Waals surface area contributed by atoms with Crippen molar-refractivity contribution in [2.24, 2.45) is 5.92 Å². The first kappa shape index (κ1) is 14.0. The molecule has 0 radical (unpaired) electrons. The molecule has 1 aliphatic heterocycles. The number of piperidine rings is 1. The molecule has 1 saturated heterocycles.